The Labute approximate surface area is 227 Å². The van der Waals surface area contributed by atoms with Gasteiger partial charge in [0.1, 0.15) is 0 Å². The van der Waals surface area contributed by atoms with Gasteiger partial charge in [0, 0.05) is 5.69 Å². The maximum atomic E-state index is 13.6. The van der Waals surface area contributed by atoms with E-state index < -0.39 is 18.5 Å². The standard InChI is InChI=1S/C32H30N2O5/c1-18-11-19(2)13-23(12-18)33-27(35)17-39-32(38)21-9-6-10-24(14-21)34-30(36)28-22-15-25(20-7-4-3-5-8-20)26(16-22)29(28)31(34)37/h3-14,22,25-26,28-29H,15-17H2,1-2H3,(H,33,35)/t22-,25-,26+,28+,29-/m0/s1. The molecule has 2 bridgehead atoms. The smallest absolute Gasteiger partial charge is 0.338 e. The monoisotopic (exact) mass is 522 g/mol. The highest BCUT2D eigenvalue weighted by atomic mass is 16.5. The van der Waals surface area contributed by atoms with E-state index in [1.165, 1.54) is 16.5 Å². The molecule has 198 valence electrons. The second-order valence-electron chi connectivity index (χ2n) is 11.0. The normalized spacial score (nSPS) is 25.1. The van der Waals surface area contributed by atoms with Crippen molar-refractivity contribution < 1.29 is 23.9 Å². The van der Waals surface area contributed by atoms with Crippen LogP contribution in [0.3, 0.4) is 0 Å². The van der Waals surface area contributed by atoms with Gasteiger partial charge in [-0.1, -0.05) is 42.5 Å². The van der Waals surface area contributed by atoms with Gasteiger partial charge in [-0.05, 0) is 91.5 Å². The second-order valence-corrected chi connectivity index (χ2v) is 11.0. The predicted octanol–water partition coefficient (Wildman–Crippen LogP) is 5.03. The average molecular weight is 523 g/mol. The van der Waals surface area contributed by atoms with Crippen LogP contribution in [0.2, 0.25) is 0 Å². The van der Waals surface area contributed by atoms with Crippen LogP contribution in [0.4, 0.5) is 11.4 Å². The third kappa shape index (κ3) is 4.52. The van der Waals surface area contributed by atoms with Crippen molar-refractivity contribution in [1.82, 2.24) is 0 Å². The summed E-state index contributed by atoms with van der Waals surface area (Å²) in [5.74, 6) is -1.52. The highest BCUT2D eigenvalue weighted by Crippen LogP contribution is 2.61. The lowest BCUT2D eigenvalue weighted by Gasteiger charge is -2.28. The highest BCUT2D eigenvalue weighted by Gasteiger charge is 2.64. The molecule has 3 aromatic rings. The van der Waals surface area contributed by atoms with E-state index in [0.717, 1.165) is 24.0 Å². The molecule has 39 heavy (non-hydrogen) atoms. The van der Waals surface area contributed by atoms with Crippen molar-refractivity contribution in [3.05, 3.63) is 95.1 Å². The van der Waals surface area contributed by atoms with E-state index >= 15 is 0 Å². The van der Waals surface area contributed by atoms with Crippen LogP contribution in [0.1, 0.15) is 45.8 Å². The van der Waals surface area contributed by atoms with E-state index in [1.54, 1.807) is 18.2 Å². The van der Waals surface area contributed by atoms with Crippen LogP contribution in [0.25, 0.3) is 0 Å². The van der Waals surface area contributed by atoms with Gasteiger partial charge < -0.3 is 10.1 Å². The molecule has 7 nitrogen and oxygen atoms in total. The largest absolute Gasteiger partial charge is 0.452 e. The third-order valence-corrected chi connectivity index (χ3v) is 8.42. The van der Waals surface area contributed by atoms with Crippen molar-refractivity contribution in [2.45, 2.75) is 32.6 Å². The molecule has 5 atom stereocenters. The number of carbonyl (C=O) groups is 4. The molecule has 1 saturated heterocycles. The number of fused-ring (bicyclic) bond motifs is 5. The van der Waals surface area contributed by atoms with Gasteiger partial charge in [0.15, 0.2) is 6.61 Å². The van der Waals surface area contributed by atoms with Crippen molar-refractivity contribution in [2.24, 2.45) is 23.7 Å². The lowest BCUT2D eigenvalue weighted by molar-refractivity contribution is -0.123. The first-order chi connectivity index (χ1) is 18.8. The summed E-state index contributed by atoms with van der Waals surface area (Å²) in [5, 5.41) is 2.74. The highest BCUT2D eigenvalue weighted by molar-refractivity contribution is 6.23. The number of carbonyl (C=O) groups excluding carboxylic acids is 4. The minimum Gasteiger partial charge on any atom is -0.452 e. The molecular formula is C32H30N2O5. The summed E-state index contributed by atoms with van der Waals surface area (Å²) in [6.45, 7) is 3.42. The molecule has 1 heterocycles. The topological polar surface area (TPSA) is 92.8 Å². The Morgan fingerprint density at radius 1 is 0.872 bits per heavy atom. The number of benzene rings is 3. The number of nitrogens with one attached hydrogen (secondary N) is 1. The number of ether oxygens (including phenoxy) is 1. The fraction of sp³-hybridized carbons (Fsp3) is 0.312. The SMILES string of the molecule is Cc1cc(C)cc(NC(=O)COC(=O)c2cccc(N3C(=O)[C@@H]4[C@@H]5C[C@@H]([C@@H]4C3=O)[C@H](c3ccccc3)C5)c2)c1. The fourth-order valence-corrected chi connectivity index (χ4v) is 7.03. The molecule has 2 saturated carbocycles. The average Bonchev–Trinajstić information content (AvgIpc) is 3.58. The number of nitrogens with zero attached hydrogens (tertiary/aromatic N) is 1. The molecule has 1 aliphatic heterocycles. The predicted molar refractivity (Wildman–Crippen MR) is 146 cm³/mol. The summed E-state index contributed by atoms with van der Waals surface area (Å²) >= 11 is 0. The molecule has 0 radical (unpaired) electrons. The zero-order valence-electron chi connectivity index (χ0n) is 21.9. The number of imide groups is 1. The van der Waals surface area contributed by atoms with Gasteiger partial charge in [0.25, 0.3) is 5.91 Å². The lowest BCUT2D eigenvalue weighted by Crippen LogP contribution is -2.33. The van der Waals surface area contributed by atoms with Crippen molar-refractivity contribution >= 4 is 35.1 Å². The maximum absolute atomic E-state index is 13.6. The molecule has 3 fully saturated rings. The van der Waals surface area contributed by atoms with Gasteiger partial charge >= 0.3 is 5.97 Å². The van der Waals surface area contributed by atoms with Crippen molar-refractivity contribution in [1.29, 1.82) is 0 Å². The van der Waals surface area contributed by atoms with Gasteiger partial charge in [0.05, 0.1) is 23.1 Å². The molecule has 3 amide bonds. The fourth-order valence-electron chi connectivity index (χ4n) is 7.03. The van der Waals surface area contributed by atoms with Crippen LogP contribution < -0.4 is 10.2 Å². The quantitative estimate of drug-likeness (QED) is 0.362. The van der Waals surface area contributed by atoms with E-state index in [2.05, 4.69) is 17.4 Å². The first kappa shape index (κ1) is 25.0. The van der Waals surface area contributed by atoms with Crippen molar-refractivity contribution in [3.63, 3.8) is 0 Å². The number of aryl methyl sites for hydroxylation is 2. The minimum absolute atomic E-state index is 0.146. The van der Waals surface area contributed by atoms with Gasteiger partial charge in [-0.25, -0.2) is 4.79 Å². The van der Waals surface area contributed by atoms with E-state index in [0.29, 0.717) is 11.4 Å². The van der Waals surface area contributed by atoms with E-state index in [-0.39, 0.29) is 47.0 Å². The molecule has 0 unspecified atom stereocenters. The van der Waals surface area contributed by atoms with Crippen LogP contribution in [-0.2, 0) is 19.1 Å². The van der Waals surface area contributed by atoms with Crippen molar-refractivity contribution in [2.75, 3.05) is 16.8 Å². The summed E-state index contributed by atoms with van der Waals surface area (Å²) < 4.78 is 5.24. The minimum atomic E-state index is -0.698. The number of hydrogen-bond donors (Lipinski definition) is 1. The van der Waals surface area contributed by atoms with Crippen LogP contribution in [0.5, 0.6) is 0 Å². The van der Waals surface area contributed by atoms with E-state index in [4.69, 9.17) is 4.74 Å². The molecule has 3 aromatic carbocycles. The van der Waals surface area contributed by atoms with Gasteiger partial charge in [-0.15, -0.1) is 0 Å². The van der Waals surface area contributed by atoms with Crippen LogP contribution in [-0.4, -0.2) is 30.3 Å². The zero-order valence-corrected chi connectivity index (χ0v) is 21.9. The maximum Gasteiger partial charge on any atom is 0.338 e. The van der Waals surface area contributed by atoms with Gasteiger partial charge in [0.2, 0.25) is 11.8 Å². The van der Waals surface area contributed by atoms with Crippen LogP contribution in [0.15, 0.2) is 72.8 Å². The zero-order chi connectivity index (χ0) is 27.3. The summed E-state index contributed by atoms with van der Waals surface area (Å²) in [6, 6.07) is 22.2. The van der Waals surface area contributed by atoms with E-state index in [9.17, 15) is 19.2 Å². The molecule has 1 N–H and O–H groups in total. The molecule has 6 rings (SSSR count). The Balaban J connectivity index is 1.14. The molecular weight excluding hydrogens is 492 g/mol. The van der Waals surface area contributed by atoms with Crippen molar-refractivity contribution in [3.8, 4) is 0 Å². The Bertz CT molecular complexity index is 1460. The second kappa shape index (κ2) is 9.80. The molecule has 2 aliphatic carbocycles. The number of esters is 1. The first-order valence-corrected chi connectivity index (χ1v) is 13.4. The Morgan fingerprint density at radius 2 is 1.59 bits per heavy atom. The van der Waals surface area contributed by atoms with Crippen LogP contribution in [0, 0.1) is 37.5 Å². The summed E-state index contributed by atoms with van der Waals surface area (Å²) in [6.07, 6.45) is 1.82. The van der Waals surface area contributed by atoms with E-state index in [1.807, 2.05) is 50.2 Å². The Hall–Kier alpha value is -4.26. The third-order valence-electron chi connectivity index (χ3n) is 8.42. The Kier molecular flexibility index (Phi) is 6.29. The van der Waals surface area contributed by atoms with Gasteiger partial charge in [-0.2, -0.15) is 0 Å². The Morgan fingerprint density at radius 3 is 2.33 bits per heavy atom. The molecule has 0 spiro atoms. The molecule has 3 aliphatic rings. The number of hydrogen-bond acceptors (Lipinski definition) is 5. The lowest BCUT2D eigenvalue weighted by atomic mass is 9.73. The molecule has 7 heteroatoms. The van der Waals surface area contributed by atoms with Gasteiger partial charge in [-0.3, -0.25) is 19.3 Å². The summed E-state index contributed by atoms with van der Waals surface area (Å²) in [7, 11) is 0. The molecule has 0 aromatic heterocycles. The number of rotatable bonds is 6. The first-order valence-electron chi connectivity index (χ1n) is 13.4. The number of amides is 3. The summed E-state index contributed by atoms with van der Waals surface area (Å²) in [4.78, 5) is 53.5. The number of anilines is 2. The summed E-state index contributed by atoms with van der Waals surface area (Å²) in [5.41, 5.74) is 4.43. The van der Waals surface area contributed by atoms with Crippen LogP contribution >= 0.6 is 0 Å².